The van der Waals surface area contributed by atoms with E-state index in [1.165, 1.54) is 5.56 Å². The van der Waals surface area contributed by atoms with Gasteiger partial charge in [-0.15, -0.1) is 0 Å². The maximum Gasteiger partial charge on any atom is 0.251 e. The predicted molar refractivity (Wildman–Crippen MR) is 72.3 cm³/mol. The zero-order valence-corrected chi connectivity index (χ0v) is 10.5. The molecule has 1 aliphatic rings. The molecule has 0 fully saturated rings. The predicted octanol–water partition coefficient (Wildman–Crippen LogP) is 2.57. The molecule has 1 unspecified atom stereocenters. The van der Waals surface area contributed by atoms with E-state index in [4.69, 9.17) is 4.84 Å². The summed E-state index contributed by atoms with van der Waals surface area (Å²) < 4.78 is 0. The van der Waals surface area contributed by atoms with Crippen molar-refractivity contribution >= 4 is 5.91 Å². The maximum atomic E-state index is 11.9. The fraction of sp³-hybridized carbons (Fsp3) is 0.188. The van der Waals surface area contributed by atoms with Crippen LogP contribution in [0.1, 0.15) is 22.6 Å². The molecule has 0 bridgehead atoms. The van der Waals surface area contributed by atoms with E-state index in [0.717, 1.165) is 17.5 Å². The third-order valence-electron chi connectivity index (χ3n) is 3.43. The van der Waals surface area contributed by atoms with Crippen LogP contribution in [0.25, 0.3) is 0 Å². The molecule has 2 aromatic carbocycles. The summed E-state index contributed by atoms with van der Waals surface area (Å²) in [6.07, 6.45) is 0.802. The molecule has 1 aliphatic carbocycles. The first kappa shape index (κ1) is 11.9. The molecule has 0 aliphatic heterocycles. The Bertz CT molecular complexity index is 580. The van der Waals surface area contributed by atoms with E-state index in [0.29, 0.717) is 6.61 Å². The Morgan fingerprint density at radius 2 is 1.84 bits per heavy atom. The molecular formula is C16H15NO2. The van der Waals surface area contributed by atoms with Crippen molar-refractivity contribution in [3.8, 4) is 0 Å². The van der Waals surface area contributed by atoms with Crippen molar-refractivity contribution in [3.63, 3.8) is 0 Å². The van der Waals surface area contributed by atoms with Gasteiger partial charge in [-0.25, -0.2) is 5.48 Å². The highest BCUT2D eigenvalue weighted by molar-refractivity contribution is 5.86. The number of rotatable bonds is 4. The van der Waals surface area contributed by atoms with Crippen molar-refractivity contribution in [2.24, 2.45) is 0 Å². The second kappa shape index (κ2) is 5.24. The molecule has 2 aromatic rings. The number of hydroxylamine groups is 1. The molecule has 0 radical (unpaired) electrons. The SMILES string of the molecule is O=C(NOCc1ccccc1)C1Cc2ccccc21. The van der Waals surface area contributed by atoms with Gasteiger partial charge in [-0.05, 0) is 23.1 Å². The Hall–Kier alpha value is -2.13. The third kappa shape index (κ3) is 2.51. The van der Waals surface area contributed by atoms with E-state index >= 15 is 0 Å². The van der Waals surface area contributed by atoms with Crippen molar-refractivity contribution in [1.29, 1.82) is 0 Å². The number of carbonyl (C=O) groups is 1. The van der Waals surface area contributed by atoms with Crippen LogP contribution < -0.4 is 5.48 Å². The van der Waals surface area contributed by atoms with Gasteiger partial charge in [0, 0.05) is 0 Å². The largest absolute Gasteiger partial charge is 0.272 e. The summed E-state index contributed by atoms with van der Waals surface area (Å²) in [4.78, 5) is 17.2. The van der Waals surface area contributed by atoms with Crippen molar-refractivity contribution in [1.82, 2.24) is 5.48 Å². The van der Waals surface area contributed by atoms with Crippen LogP contribution in [0.2, 0.25) is 0 Å². The topological polar surface area (TPSA) is 38.3 Å². The standard InChI is InChI=1S/C16H15NO2/c18-16(15-10-13-8-4-5-9-14(13)15)17-19-11-12-6-2-1-3-7-12/h1-9,15H,10-11H2,(H,17,18). The lowest BCUT2D eigenvalue weighted by Gasteiger charge is -2.28. The summed E-state index contributed by atoms with van der Waals surface area (Å²) in [7, 11) is 0. The molecule has 19 heavy (non-hydrogen) atoms. The molecule has 1 atom stereocenters. The highest BCUT2D eigenvalue weighted by atomic mass is 16.6. The molecular weight excluding hydrogens is 238 g/mol. The highest BCUT2D eigenvalue weighted by Crippen LogP contribution is 2.34. The fourth-order valence-electron chi connectivity index (χ4n) is 2.33. The number of nitrogens with one attached hydrogen (secondary N) is 1. The van der Waals surface area contributed by atoms with Crippen LogP contribution in [0.4, 0.5) is 0 Å². The zero-order valence-electron chi connectivity index (χ0n) is 10.5. The van der Waals surface area contributed by atoms with Gasteiger partial charge in [-0.2, -0.15) is 0 Å². The second-order valence-corrected chi connectivity index (χ2v) is 4.70. The minimum absolute atomic E-state index is 0.0605. The average Bonchev–Trinajstić information content (AvgIpc) is 2.41. The Kier molecular flexibility index (Phi) is 3.29. The molecule has 0 aromatic heterocycles. The molecule has 1 amide bonds. The Balaban J connectivity index is 1.51. The number of benzene rings is 2. The first-order chi connectivity index (χ1) is 9.34. The first-order valence-corrected chi connectivity index (χ1v) is 6.38. The first-order valence-electron chi connectivity index (χ1n) is 6.38. The minimum Gasteiger partial charge on any atom is -0.272 e. The minimum atomic E-state index is -0.0630. The van der Waals surface area contributed by atoms with Gasteiger partial charge in [-0.1, -0.05) is 54.6 Å². The number of hydrogen-bond donors (Lipinski definition) is 1. The lowest BCUT2D eigenvalue weighted by molar-refractivity contribution is -0.136. The Morgan fingerprint density at radius 3 is 2.63 bits per heavy atom. The monoisotopic (exact) mass is 253 g/mol. The molecule has 3 heteroatoms. The summed E-state index contributed by atoms with van der Waals surface area (Å²) in [5, 5.41) is 0. The normalized spacial score (nSPS) is 16.3. The van der Waals surface area contributed by atoms with E-state index in [9.17, 15) is 4.79 Å². The second-order valence-electron chi connectivity index (χ2n) is 4.70. The lowest BCUT2D eigenvalue weighted by atomic mass is 9.77. The third-order valence-corrected chi connectivity index (χ3v) is 3.43. The smallest absolute Gasteiger partial charge is 0.251 e. The van der Waals surface area contributed by atoms with Crippen LogP contribution in [0.15, 0.2) is 54.6 Å². The Labute approximate surface area is 112 Å². The molecule has 0 saturated heterocycles. The highest BCUT2D eigenvalue weighted by Gasteiger charge is 2.31. The van der Waals surface area contributed by atoms with Gasteiger partial charge >= 0.3 is 0 Å². The number of fused-ring (bicyclic) bond motifs is 1. The average molecular weight is 253 g/mol. The molecule has 0 heterocycles. The lowest BCUT2D eigenvalue weighted by Crippen LogP contribution is -2.35. The van der Waals surface area contributed by atoms with Gasteiger partial charge in [0.25, 0.3) is 5.91 Å². The van der Waals surface area contributed by atoms with Crippen LogP contribution in [0.3, 0.4) is 0 Å². The van der Waals surface area contributed by atoms with Gasteiger partial charge in [0.1, 0.15) is 0 Å². The van der Waals surface area contributed by atoms with Gasteiger partial charge < -0.3 is 0 Å². The molecule has 96 valence electrons. The fourth-order valence-corrected chi connectivity index (χ4v) is 2.33. The van der Waals surface area contributed by atoms with Gasteiger partial charge in [0.05, 0.1) is 12.5 Å². The number of carbonyl (C=O) groups excluding carboxylic acids is 1. The van der Waals surface area contributed by atoms with Crippen molar-refractivity contribution < 1.29 is 9.63 Å². The summed E-state index contributed by atoms with van der Waals surface area (Å²) in [6.45, 7) is 0.390. The molecule has 0 spiro atoms. The molecule has 3 nitrogen and oxygen atoms in total. The van der Waals surface area contributed by atoms with E-state index in [1.807, 2.05) is 48.5 Å². The van der Waals surface area contributed by atoms with Crippen molar-refractivity contribution in [2.75, 3.05) is 0 Å². The summed E-state index contributed by atoms with van der Waals surface area (Å²) in [5.74, 6) is -0.124. The number of amides is 1. The van der Waals surface area contributed by atoms with Crippen molar-refractivity contribution in [3.05, 3.63) is 71.3 Å². The van der Waals surface area contributed by atoms with Gasteiger partial charge in [0.15, 0.2) is 0 Å². The van der Waals surface area contributed by atoms with E-state index in [1.54, 1.807) is 0 Å². The van der Waals surface area contributed by atoms with E-state index in [-0.39, 0.29) is 11.8 Å². The summed E-state index contributed by atoms with van der Waals surface area (Å²) in [6, 6.07) is 17.8. The summed E-state index contributed by atoms with van der Waals surface area (Å²) in [5.41, 5.74) is 5.94. The van der Waals surface area contributed by atoms with Crippen LogP contribution in [0, 0.1) is 0 Å². The molecule has 3 rings (SSSR count). The van der Waals surface area contributed by atoms with Crippen LogP contribution in [-0.4, -0.2) is 5.91 Å². The molecule has 1 N–H and O–H groups in total. The maximum absolute atomic E-state index is 11.9. The van der Waals surface area contributed by atoms with Crippen LogP contribution in [0.5, 0.6) is 0 Å². The quantitative estimate of drug-likeness (QED) is 0.850. The van der Waals surface area contributed by atoms with E-state index in [2.05, 4.69) is 11.5 Å². The van der Waals surface area contributed by atoms with Crippen LogP contribution in [-0.2, 0) is 22.7 Å². The number of hydrogen-bond acceptors (Lipinski definition) is 2. The van der Waals surface area contributed by atoms with Crippen molar-refractivity contribution in [2.45, 2.75) is 18.9 Å². The van der Waals surface area contributed by atoms with Crippen LogP contribution >= 0.6 is 0 Å². The van der Waals surface area contributed by atoms with Gasteiger partial charge in [-0.3, -0.25) is 9.63 Å². The van der Waals surface area contributed by atoms with E-state index < -0.39 is 0 Å². The zero-order chi connectivity index (χ0) is 13.1. The Morgan fingerprint density at radius 1 is 1.11 bits per heavy atom. The summed E-state index contributed by atoms with van der Waals surface area (Å²) >= 11 is 0. The van der Waals surface area contributed by atoms with Gasteiger partial charge in [0.2, 0.25) is 0 Å². The molecule has 0 saturated carbocycles.